The molecule has 1 atom stereocenters. The minimum atomic E-state index is -0.442. The van der Waals surface area contributed by atoms with Crippen molar-refractivity contribution in [3.63, 3.8) is 0 Å². The van der Waals surface area contributed by atoms with Gasteiger partial charge >= 0.3 is 0 Å². The Morgan fingerprint density at radius 3 is 2.39 bits per heavy atom. The standard InChI is InChI=1S/C15H13NO2/c1-11-7-9-12(10-8-11)14-16-18-15(17-14)13-5-3-2-4-6-13/h2-10,15H,1H3. The zero-order valence-corrected chi connectivity index (χ0v) is 10.0. The maximum absolute atomic E-state index is 5.70. The number of rotatable bonds is 2. The van der Waals surface area contributed by atoms with Crippen molar-refractivity contribution in [2.24, 2.45) is 5.16 Å². The highest BCUT2D eigenvalue weighted by atomic mass is 16.8. The van der Waals surface area contributed by atoms with Crippen molar-refractivity contribution < 1.29 is 9.57 Å². The molecule has 1 aliphatic rings. The lowest BCUT2D eigenvalue weighted by atomic mass is 10.1. The molecule has 3 rings (SSSR count). The molecule has 1 aliphatic heterocycles. The summed E-state index contributed by atoms with van der Waals surface area (Å²) in [6.07, 6.45) is -0.442. The van der Waals surface area contributed by atoms with Crippen LogP contribution in [0.2, 0.25) is 0 Å². The molecule has 0 saturated carbocycles. The molecule has 0 bridgehead atoms. The average molecular weight is 239 g/mol. The third-order valence-electron chi connectivity index (χ3n) is 2.82. The monoisotopic (exact) mass is 239 g/mol. The molecule has 0 saturated heterocycles. The molecule has 18 heavy (non-hydrogen) atoms. The Kier molecular flexibility index (Phi) is 2.73. The number of benzene rings is 2. The second-order valence-corrected chi connectivity index (χ2v) is 4.23. The number of oxime groups is 1. The van der Waals surface area contributed by atoms with E-state index in [1.807, 2.05) is 61.5 Å². The highest BCUT2D eigenvalue weighted by molar-refractivity contribution is 5.94. The lowest BCUT2D eigenvalue weighted by Gasteiger charge is -2.08. The van der Waals surface area contributed by atoms with Gasteiger partial charge in [-0.1, -0.05) is 48.0 Å². The van der Waals surface area contributed by atoms with Crippen LogP contribution in [-0.4, -0.2) is 5.90 Å². The van der Waals surface area contributed by atoms with Crippen LogP contribution in [0.25, 0.3) is 0 Å². The second-order valence-electron chi connectivity index (χ2n) is 4.23. The number of nitrogens with zero attached hydrogens (tertiary/aromatic N) is 1. The van der Waals surface area contributed by atoms with Crippen LogP contribution < -0.4 is 0 Å². The first-order valence-corrected chi connectivity index (χ1v) is 5.85. The quantitative estimate of drug-likeness (QED) is 0.804. The fourth-order valence-corrected chi connectivity index (χ4v) is 1.80. The van der Waals surface area contributed by atoms with E-state index in [4.69, 9.17) is 9.57 Å². The van der Waals surface area contributed by atoms with Gasteiger partial charge in [-0.3, -0.25) is 0 Å². The summed E-state index contributed by atoms with van der Waals surface area (Å²) in [5, 5.41) is 3.99. The lowest BCUT2D eigenvalue weighted by Crippen LogP contribution is -2.05. The zero-order chi connectivity index (χ0) is 12.4. The van der Waals surface area contributed by atoms with Crippen molar-refractivity contribution >= 4 is 5.90 Å². The molecule has 0 aliphatic carbocycles. The highest BCUT2D eigenvalue weighted by Crippen LogP contribution is 2.26. The van der Waals surface area contributed by atoms with Gasteiger partial charge in [0, 0.05) is 11.1 Å². The van der Waals surface area contributed by atoms with E-state index < -0.39 is 6.29 Å². The highest BCUT2D eigenvalue weighted by Gasteiger charge is 2.24. The van der Waals surface area contributed by atoms with Crippen LogP contribution in [0.15, 0.2) is 59.8 Å². The first-order chi connectivity index (χ1) is 8.83. The van der Waals surface area contributed by atoms with Crippen molar-refractivity contribution in [3.05, 3.63) is 71.3 Å². The molecule has 1 unspecified atom stereocenters. The molecule has 0 fully saturated rings. The Morgan fingerprint density at radius 1 is 0.944 bits per heavy atom. The largest absolute Gasteiger partial charge is 0.428 e. The normalized spacial score (nSPS) is 17.8. The van der Waals surface area contributed by atoms with Crippen molar-refractivity contribution in [2.45, 2.75) is 13.2 Å². The summed E-state index contributed by atoms with van der Waals surface area (Å²) in [5.74, 6) is 0.531. The van der Waals surface area contributed by atoms with Crippen molar-refractivity contribution in [3.8, 4) is 0 Å². The van der Waals surface area contributed by atoms with Gasteiger partial charge in [0.15, 0.2) is 0 Å². The van der Waals surface area contributed by atoms with Gasteiger partial charge in [0.05, 0.1) is 0 Å². The first-order valence-electron chi connectivity index (χ1n) is 5.85. The summed E-state index contributed by atoms with van der Waals surface area (Å²) in [6, 6.07) is 17.8. The van der Waals surface area contributed by atoms with E-state index in [9.17, 15) is 0 Å². The minimum absolute atomic E-state index is 0.442. The van der Waals surface area contributed by atoms with E-state index in [1.54, 1.807) is 0 Å². The summed E-state index contributed by atoms with van der Waals surface area (Å²) in [5.41, 5.74) is 3.10. The molecule has 2 aromatic rings. The van der Waals surface area contributed by atoms with Crippen LogP contribution in [-0.2, 0) is 9.57 Å². The molecule has 0 spiro atoms. The van der Waals surface area contributed by atoms with Crippen LogP contribution in [0.3, 0.4) is 0 Å². The Bertz CT molecular complexity index is 561. The lowest BCUT2D eigenvalue weighted by molar-refractivity contribution is -0.0498. The van der Waals surface area contributed by atoms with Gasteiger partial charge in [0.25, 0.3) is 12.2 Å². The van der Waals surface area contributed by atoms with Gasteiger partial charge in [-0.15, -0.1) is 0 Å². The third kappa shape index (κ3) is 2.07. The van der Waals surface area contributed by atoms with E-state index in [0.29, 0.717) is 5.90 Å². The minimum Gasteiger partial charge on any atom is -0.428 e. The topological polar surface area (TPSA) is 30.8 Å². The van der Waals surface area contributed by atoms with Gasteiger partial charge in [-0.05, 0) is 24.2 Å². The molecular formula is C15H13NO2. The van der Waals surface area contributed by atoms with E-state index in [2.05, 4.69) is 5.16 Å². The fourth-order valence-electron chi connectivity index (χ4n) is 1.80. The van der Waals surface area contributed by atoms with Crippen molar-refractivity contribution in [1.29, 1.82) is 0 Å². The van der Waals surface area contributed by atoms with Crippen molar-refractivity contribution in [2.75, 3.05) is 0 Å². The SMILES string of the molecule is Cc1ccc(C2=NOC(c3ccccc3)O2)cc1. The molecule has 0 aromatic heterocycles. The van der Waals surface area contributed by atoms with E-state index in [0.717, 1.165) is 11.1 Å². The Hall–Kier alpha value is -2.29. The number of hydrogen-bond acceptors (Lipinski definition) is 3. The van der Waals surface area contributed by atoms with Crippen LogP contribution in [0, 0.1) is 6.92 Å². The molecule has 2 aromatic carbocycles. The first kappa shape index (κ1) is 10.8. The maximum atomic E-state index is 5.70. The predicted octanol–water partition coefficient (Wildman–Crippen LogP) is 3.40. The summed E-state index contributed by atoms with van der Waals surface area (Å²) in [6.45, 7) is 2.05. The molecule has 3 nitrogen and oxygen atoms in total. The van der Waals surface area contributed by atoms with Crippen molar-refractivity contribution in [1.82, 2.24) is 0 Å². The Morgan fingerprint density at radius 2 is 1.67 bits per heavy atom. The smallest absolute Gasteiger partial charge is 0.293 e. The molecule has 0 amide bonds. The van der Waals surface area contributed by atoms with Gasteiger partial charge < -0.3 is 9.57 Å². The average Bonchev–Trinajstić information content (AvgIpc) is 2.90. The Balaban J connectivity index is 1.77. The van der Waals surface area contributed by atoms with E-state index in [-0.39, 0.29) is 0 Å². The van der Waals surface area contributed by atoms with Gasteiger partial charge in [-0.2, -0.15) is 0 Å². The van der Waals surface area contributed by atoms with Gasteiger partial charge in [0.1, 0.15) is 0 Å². The summed E-state index contributed by atoms with van der Waals surface area (Å²) in [7, 11) is 0. The summed E-state index contributed by atoms with van der Waals surface area (Å²) < 4.78 is 5.70. The molecular weight excluding hydrogens is 226 g/mol. The predicted molar refractivity (Wildman–Crippen MR) is 69.1 cm³/mol. The summed E-state index contributed by atoms with van der Waals surface area (Å²) >= 11 is 0. The van der Waals surface area contributed by atoms with Crippen LogP contribution in [0.1, 0.15) is 23.0 Å². The zero-order valence-electron chi connectivity index (χ0n) is 10.0. The molecule has 1 heterocycles. The Labute approximate surface area is 106 Å². The summed E-state index contributed by atoms with van der Waals surface area (Å²) in [4.78, 5) is 5.30. The molecule has 0 radical (unpaired) electrons. The number of ether oxygens (including phenoxy) is 1. The van der Waals surface area contributed by atoms with E-state index >= 15 is 0 Å². The van der Waals surface area contributed by atoms with Gasteiger partial charge in [0.2, 0.25) is 0 Å². The van der Waals surface area contributed by atoms with Crippen LogP contribution in [0.4, 0.5) is 0 Å². The third-order valence-corrected chi connectivity index (χ3v) is 2.82. The second kappa shape index (κ2) is 4.53. The number of aryl methyl sites for hydroxylation is 1. The fraction of sp³-hybridized carbons (Fsp3) is 0.133. The molecule has 90 valence electrons. The molecule has 0 N–H and O–H groups in total. The van der Waals surface area contributed by atoms with Crippen LogP contribution >= 0.6 is 0 Å². The number of hydrogen-bond donors (Lipinski definition) is 0. The molecule has 3 heteroatoms. The van der Waals surface area contributed by atoms with Crippen LogP contribution in [0.5, 0.6) is 0 Å². The van der Waals surface area contributed by atoms with E-state index in [1.165, 1.54) is 5.56 Å². The van der Waals surface area contributed by atoms with Gasteiger partial charge in [-0.25, -0.2) is 0 Å². The maximum Gasteiger partial charge on any atom is 0.293 e.